The van der Waals surface area contributed by atoms with Crippen molar-refractivity contribution in [3.8, 4) is 17.0 Å². The summed E-state index contributed by atoms with van der Waals surface area (Å²) in [5.41, 5.74) is 8.27. The number of hydrogen-bond acceptors (Lipinski definition) is 5. The third-order valence-corrected chi connectivity index (χ3v) is 4.15. The standard InChI is InChI=1S/C11H11N2O4PS/c12-11-13-10-8(19-11)4-6-2-1-3-7(9(6)10)17-5-18(14,15)16/h1-3H,4-5H2,(H2,12,13)(H2,14,15,16). The summed E-state index contributed by atoms with van der Waals surface area (Å²) in [6.07, 6.45) is 0.0883. The quantitative estimate of drug-likeness (QED) is 0.637. The fraction of sp³-hybridized carbons (Fsp3) is 0.182. The number of nitrogen functional groups attached to an aromatic ring is 1. The summed E-state index contributed by atoms with van der Waals surface area (Å²) in [7, 11) is -4.20. The first kappa shape index (κ1) is 12.6. The predicted octanol–water partition coefficient (Wildman–Crippen LogP) is 1.81. The molecule has 2 aromatic rings. The summed E-state index contributed by atoms with van der Waals surface area (Å²) >= 11 is 1.42. The van der Waals surface area contributed by atoms with Gasteiger partial charge >= 0.3 is 7.60 Å². The fourth-order valence-corrected chi connectivity index (χ4v) is 3.29. The molecule has 0 radical (unpaired) electrons. The normalized spacial score (nSPS) is 13.2. The molecule has 1 aliphatic rings. The molecule has 6 nitrogen and oxygen atoms in total. The zero-order chi connectivity index (χ0) is 13.6. The Kier molecular flexibility index (Phi) is 2.87. The Hall–Kier alpha value is -1.40. The fourth-order valence-electron chi connectivity index (χ4n) is 2.12. The molecule has 0 aliphatic heterocycles. The lowest BCUT2D eigenvalue weighted by molar-refractivity contribution is 0.301. The second-order valence-corrected chi connectivity index (χ2v) is 6.93. The minimum absolute atomic E-state index is 0.435. The maximum absolute atomic E-state index is 10.9. The Morgan fingerprint density at radius 2 is 2.26 bits per heavy atom. The van der Waals surface area contributed by atoms with Crippen LogP contribution in [-0.2, 0) is 11.0 Å². The van der Waals surface area contributed by atoms with Crippen molar-refractivity contribution in [3.05, 3.63) is 28.6 Å². The van der Waals surface area contributed by atoms with Crippen LogP contribution in [0.4, 0.5) is 5.13 Å². The summed E-state index contributed by atoms with van der Waals surface area (Å²) in [5.74, 6) is 0.435. The van der Waals surface area contributed by atoms with Gasteiger partial charge in [0.05, 0.1) is 5.69 Å². The SMILES string of the molecule is Nc1nc2c(s1)Cc1cccc(OCP(=O)(O)O)c1-2. The van der Waals surface area contributed by atoms with E-state index in [4.69, 9.17) is 20.3 Å². The number of hydrogen-bond donors (Lipinski definition) is 3. The van der Waals surface area contributed by atoms with Crippen molar-refractivity contribution in [2.45, 2.75) is 6.42 Å². The maximum Gasteiger partial charge on any atom is 0.362 e. The summed E-state index contributed by atoms with van der Waals surface area (Å²) < 4.78 is 16.1. The number of aromatic nitrogens is 1. The number of benzene rings is 1. The monoisotopic (exact) mass is 298 g/mol. The zero-order valence-electron chi connectivity index (χ0n) is 9.74. The van der Waals surface area contributed by atoms with Crippen molar-refractivity contribution >= 4 is 24.1 Å². The molecule has 4 N–H and O–H groups in total. The molecule has 0 atom stereocenters. The average molecular weight is 298 g/mol. The molecule has 1 heterocycles. The highest BCUT2D eigenvalue weighted by Crippen LogP contribution is 2.46. The minimum Gasteiger partial charge on any atom is -0.480 e. The van der Waals surface area contributed by atoms with Crippen LogP contribution in [0.2, 0.25) is 0 Å². The van der Waals surface area contributed by atoms with Gasteiger partial charge in [-0.15, -0.1) is 11.3 Å². The van der Waals surface area contributed by atoms with Crippen LogP contribution in [0.5, 0.6) is 5.75 Å². The van der Waals surface area contributed by atoms with Gasteiger partial charge in [0.2, 0.25) is 0 Å². The Morgan fingerprint density at radius 3 is 3.00 bits per heavy atom. The van der Waals surface area contributed by atoms with E-state index in [0.717, 1.165) is 28.1 Å². The molecule has 100 valence electrons. The van der Waals surface area contributed by atoms with Crippen molar-refractivity contribution in [1.82, 2.24) is 4.98 Å². The maximum atomic E-state index is 10.9. The first-order chi connectivity index (χ1) is 8.94. The molecule has 1 aromatic heterocycles. The van der Waals surface area contributed by atoms with Crippen LogP contribution >= 0.6 is 18.9 Å². The Bertz CT molecular complexity index is 694. The van der Waals surface area contributed by atoms with Crippen LogP contribution in [-0.4, -0.2) is 21.1 Å². The average Bonchev–Trinajstić information content (AvgIpc) is 2.80. The van der Waals surface area contributed by atoms with Crippen LogP contribution in [0, 0.1) is 0 Å². The van der Waals surface area contributed by atoms with Crippen molar-refractivity contribution < 1.29 is 19.1 Å². The summed E-state index contributed by atoms with van der Waals surface area (Å²) in [4.78, 5) is 23.1. The molecule has 0 unspecified atom stereocenters. The Balaban J connectivity index is 2.01. The van der Waals surface area contributed by atoms with Gasteiger partial charge in [0.1, 0.15) is 5.75 Å². The van der Waals surface area contributed by atoms with E-state index in [-0.39, 0.29) is 0 Å². The number of anilines is 1. The van der Waals surface area contributed by atoms with Crippen LogP contribution in [0.15, 0.2) is 18.2 Å². The van der Waals surface area contributed by atoms with Gasteiger partial charge in [-0.2, -0.15) is 0 Å². The molecule has 0 saturated heterocycles. The van der Waals surface area contributed by atoms with Gasteiger partial charge in [-0.1, -0.05) is 12.1 Å². The molecule has 19 heavy (non-hydrogen) atoms. The number of thiazole rings is 1. The van der Waals surface area contributed by atoms with Gasteiger partial charge in [0, 0.05) is 16.9 Å². The summed E-state index contributed by atoms with van der Waals surface area (Å²) in [6.45, 7) is 0. The molecule has 0 saturated carbocycles. The number of nitrogens with zero attached hydrogens (tertiary/aromatic N) is 1. The molecule has 8 heteroatoms. The first-order valence-corrected chi connectivity index (χ1v) is 8.10. The smallest absolute Gasteiger partial charge is 0.362 e. The molecule has 0 spiro atoms. The summed E-state index contributed by atoms with van der Waals surface area (Å²) in [5, 5.41) is 0.487. The van der Waals surface area contributed by atoms with E-state index in [0.29, 0.717) is 10.9 Å². The number of ether oxygens (including phenoxy) is 1. The number of rotatable bonds is 3. The predicted molar refractivity (Wildman–Crippen MR) is 72.3 cm³/mol. The molecule has 0 fully saturated rings. The van der Waals surface area contributed by atoms with Crippen LogP contribution < -0.4 is 10.5 Å². The van der Waals surface area contributed by atoms with Gasteiger partial charge in [-0.25, -0.2) is 4.98 Å². The highest BCUT2D eigenvalue weighted by molar-refractivity contribution is 7.51. The van der Waals surface area contributed by atoms with E-state index in [1.54, 1.807) is 12.1 Å². The van der Waals surface area contributed by atoms with Gasteiger partial charge in [0.25, 0.3) is 0 Å². The zero-order valence-corrected chi connectivity index (χ0v) is 11.4. The van der Waals surface area contributed by atoms with E-state index in [1.165, 1.54) is 11.3 Å². The molecular formula is C11H11N2O4PS. The third kappa shape index (κ3) is 2.37. The van der Waals surface area contributed by atoms with E-state index < -0.39 is 13.9 Å². The van der Waals surface area contributed by atoms with E-state index in [9.17, 15) is 4.57 Å². The van der Waals surface area contributed by atoms with Crippen molar-refractivity contribution in [2.75, 3.05) is 12.1 Å². The van der Waals surface area contributed by atoms with E-state index in [1.807, 2.05) is 6.07 Å². The van der Waals surface area contributed by atoms with Crippen molar-refractivity contribution in [3.63, 3.8) is 0 Å². The molecular weight excluding hydrogens is 287 g/mol. The van der Waals surface area contributed by atoms with Crippen LogP contribution in [0.1, 0.15) is 10.4 Å². The summed E-state index contributed by atoms with van der Waals surface area (Å²) in [6, 6.07) is 5.43. The molecule has 3 rings (SSSR count). The Morgan fingerprint density at radius 1 is 1.47 bits per heavy atom. The molecule has 1 aromatic carbocycles. The van der Waals surface area contributed by atoms with Gasteiger partial charge in [0.15, 0.2) is 11.5 Å². The van der Waals surface area contributed by atoms with Crippen LogP contribution in [0.3, 0.4) is 0 Å². The van der Waals surface area contributed by atoms with Crippen LogP contribution in [0.25, 0.3) is 11.3 Å². The number of nitrogens with two attached hydrogens (primary N) is 1. The minimum atomic E-state index is -4.20. The van der Waals surface area contributed by atoms with Crippen molar-refractivity contribution in [2.24, 2.45) is 0 Å². The largest absolute Gasteiger partial charge is 0.480 e. The van der Waals surface area contributed by atoms with Gasteiger partial charge < -0.3 is 20.3 Å². The second-order valence-electron chi connectivity index (χ2n) is 4.23. The second kappa shape index (κ2) is 4.31. The van der Waals surface area contributed by atoms with E-state index >= 15 is 0 Å². The molecule has 0 amide bonds. The first-order valence-electron chi connectivity index (χ1n) is 5.49. The number of fused-ring (bicyclic) bond motifs is 3. The van der Waals surface area contributed by atoms with Gasteiger partial charge in [-0.05, 0) is 11.6 Å². The third-order valence-electron chi connectivity index (χ3n) is 2.80. The van der Waals surface area contributed by atoms with Gasteiger partial charge in [-0.3, -0.25) is 4.57 Å². The lowest BCUT2D eigenvalue weighted by atomic mass is 10.1. The molecule has 0 bridgehead atoms. The highest BCUT2D eigenvalue weighted by Gasteiger charge is 2.27. The topological polar surface area (TPSA) is 106 Å². The molecule has 1 aliphatic carbocycles. The van der Waals surface area contributed by atoms with E-state index in [2.05, 4.69) is 4.98 Å². The Labute approximate surface area is 113 Å². The lowest BCUT2D eigenvalue weighted by Gasteiger charge is -2.11. The highest BCUT2D eigenvalue weighted by atomic mass is 32.1. The lowest BCUT2D eigenvalue weighted by Crippen LogP contribution is -2.00. The van der Waals surface area contributed by atoms with Crippen molar-refractivity contribution in [1.29, 1.82) is 0 Å².